The van der Waals surface area contributed by atoms with E-state index in [-0.39, 0.29) is 36.7 Å². The molecule has 2 aromatic rings. The fraction of sp³-hybridized carbons (Fsp3) is 0.208. The maximum absolute atomic E-state index is 12.8. The van der Waals surface area contributed by atoms with Crippen molar-refractivity contribution in [1.82, 2.24) is 4.90 Å². The number of carboxylic acid groups (broad SMARTS) is 1. The lowest BCUT2D eigenvalue weighted by atomic mass is 10.0. The predicted molar refractivity (Wildman–Crippen MR) is 111 cm³/mol. The minimum Gasteiger partial charge on any atom is -0.478 e. The van der Waals surface area contributed by atoms with Crippen LogP contribution in [0, 0.1) is 0 Å². The minimum absolute atomic E-state index is 0.0203. The number of carbonyl (C=O) groups is 3. The molecule has 2 aliphatic rings. The Labute approximate surface area is 179 Å². The van der Waals surface area contributed by atoms with E-state index < -0.39 is 24.2 Å². The van der Waals surface area contributed by atoms with Gasteiger partial charge in [-0.3, -0.25) is 9.69 Å². The topological polar surface area (TPSA) is 93.1 Å². The second-order valence-corrected chi connectivity index (χ2v) is 7.24. The second-order valence-electron chi connectivity index (χ2n) is 7.24. The highest BCUT2D eigenvalue weighted by atomic mass is 16.6. The summed E-state index contributed by atoms with van der Waals surface area (Å²) in [6.45, 7) is 0.0203. The molecule has 7 heteroatoms. The molecule has 0 saturated carbocycles. The number of fused-ring (bicyclic) bond motifs is 1. The van der Waals surface area contributed by atoms with E-state index in [9.17, 15) is 19.5 Å². The molecule has 2 atom stereocenters. The van der Waals surface area contributed by atoms with Crippen LogP contribution in [0.1, 0.15) is 24.0 Å². The van der Waals surface area contributed by atoms with Gasteiger partial charge >= 0.3 is 11.9 Å². The number of aliphatic carboxylic acids is 1. The van der Waals surface area contributed by atoms with E-state index in [0.29, 0.717) is 0 Å². The average molecular weight is 419 g/mol. The van der Waals surface area contributed by atoms with Gasteiger partial charge in [0.2, 0.25) is 5.91 Å². The molecule has 1 unspecified atom stereocenters. The Morgan fingerprint density at radius 2 is 1.77 bits per heavy atom. The monoisotopic (exact) mass is 419 g/mol. The molecule has 0 aliphatic carbocycles. The molecule has 7 nitrogen and oxygen atoms in total. The van der Waals surface area contributed by atoms with Crippen LogP contribution in [0.2, 0.25) is 0 Å². The van der Waals surface area contributed by atoms with E-state index in [1.165, 1.54) is 4.90 Å². The molecule has 1 N–H and O–H groups in total. The van der Waals surface area contributed by atoms with Gasteiger partial charge in [0, 0.05) is 6.42 Å². The largest absolute Gasteiger partial charge is 0.478 e. The summed E-state index contributed by atoms with van der Waals surface area (Å²) in [5, 5.41) is 9.77. The van der Waals surface area contributed by atoms with E-state index in [0.717, 1.165) is 11.1 Å². The maximum atomic E-state index is 12.8. The molecule has 1 amide bonds. The smallest absolute Gasteiger partial charge is 0.337 e. The first kappa shape index (κ1) is 20.4. The molecule has 2 aromatic carbocycles. The summed E-state index contributed by atoms with van der Waals surface area (Å²) in [7, 11) is 0. The lowest BCUT2D eigenvalue weighted by molar-refractivity contribution is -0.166. The molecular weight excluding hydrogens is 398 g/mol. The Balaban J connectivity index is 1.57. The van der Waals surface area contributed by atoms with Gasteiger partial charge in [-0.2, -0.15) is 0 Å². The zero-order valence-electron chi connectivity index (χ0n) is 16.6. The molecule has 2 heterocycles. The van der Waals surface area contributed by atoms with Crippen LogP contribution in [-0.2, 0) is 30.5 Å². The summed E-state index contributed by atoms with van der Waals surface area (Å²) in [5.74, 6) is -2.21. The number of amides is 1. The number of β-lactam (4-membered cyclic amide) rings is 1. The Morgan fingerprint density at radius 3 is 2.42 bits per heavy atom. The van der Waals surface area contributed by atoms with Crippen LogP contribution in [0.5, 0.6) is 0 Å². The minimum atomic E-state index is -1.21. The number of hydrogen-bond donors (Lipinski definition) is 1. The van der Waals surface area contributed by atoms with Crippen LogP contribution in [0.25, 0.3) is 6.08 Å². The van der Waals surface area contributed by atoms with Crippen molar-refractivity contribution in [2.45, 2.75) is 31.7 Å². The highest BCUT2D eigenvalue weighted by Gasteiger charge is 2.55. The molecule has 0 bridgehead atoms. The number of allylic oxidation sites excluding steroid dienone is 1. The standard InChI is InChI=1S/C24H21NO6/c26-19-14-20-25(19)21(24(29)30-15-17-10-5-2-6-11-17)22(31-20)18(23(27)28)13-7-12-16-8-3-1-4-9-16/h1-12,20-21H,13-15H2,(H,27,28)/b12-7-,22-18+/t20-,21?/m1/s1. The summed E-state index contributed by atoms with van der Waals surface area (Å²) in [6, 6.07) is 17.4. The number of esters is 1. The Hall–Kier alpha value is -3.87. The lowest BCUT2D eigenvalue weighted by Gasteiger charge is -2.33. The van der Waals surface area contributed by atoms with Crippen molar-refractivity contribution < 1.29 is 29.0 Å². The van der Waals surface area contributed by atoms with Crippen LogP contribution in [0.3, 0.4) is 0 Å². The van der Waals surface area contributed by atoms with Crippen LogP contribution in [0.4, 0.5) is 0 Å². The number of benzene rings is 2. The van der Waals surface area contributed by atoms with E-state index in [4.69, 9.17) is 9.47 Å². The molecule has 0 radical (unpaired) electrons. The van der Waals surface area contributed by atoms with Crippen LogP contribution in [-0.4, -0.2) is 40.1 Å². The zero-order valence-corrected chi connectivity index (χ0v) is 16.6. The van der Waals surface area contributed by atoms with Crippen molar-refractivity contribution in [3.05, 3.63) is 89.2 Å². The van der Waals surface area contributed by atoms with Crippen LogP contribution >= 0.6 is 0 Å². The van der Waals surface area contributed by atoms with Gasteiger partial charge in [-0.1, -0.05) is 72.8 Å². The van der Waals surface area contributed by atoms with Crippen molar-refractivity contribution in [2.75, 3.05) is 0 Å². The quantitative estimate of drug-likeness (QED) is 0.421. The first-order chi connectivity index (χ1) is 15.0. The number of carbonyl (C=O) groups excluding carboxylic acids is 2. The highest BCUT2D eigenvalue weighted by Crippen LogP contribution is 2.39. The van der Waals surface area contributed by atoms with Gasteiger partial charge in [0.15, 0.2) is 12.3 Å². The summed E-state index contributed by atoms with van der Waals surface area (Å²) in [4.78, 5) is 38.2. The third-order valence-electron chi connectivity index (χ3n) is 5.17. The van der Waals surface area contributed by atoms with E-state index >= 15 is 0 Å². The van der Waals surface area contributed by atoms with Crippen molar-refractivity contribution in [1.29, 1.82) is 0 Å². The first-order valence-electron chi connectivity index (χ1n) is 9.91. The van der Waals surface area contributed by atoms with Crippen molar-refractivity contribution >= 4 is 23.9 Å². The van der Waals surface area contributed by atoms with Gasteiger partial charge in [-0.05, 0) is 11.1 Å². The molecule has 2 aliphatic heterocycles. The predicted octanol–water partition coefficient (Wildman–Crippen LogP) is 3.13. The molecule has 4 rings (SSSR count). The molecule has 31 heavy (non-hydrogen) atoms. The number of ether oxygens (including phenoxy) is 2. The highest BCUT2D eigenvalue weighted by molar-refractivity contribution is 5.95. The van der Waals surface area contributed by atoms with Gasteiger partial charge in [0.1, 0.15) is 12.4 Å². The number of hydrogen-bond acceptors (Lipinski definition) is 5. The summed E-state index contributed by atoms with van der Waals surface area (Å²) >= 11 is 0. The number of carboxylic acids is 1. The van der Waals surface area contributed by atoms with Crippen LogP contribution < -0.4 is 0 Å². The first-order valence-corrected chi connectivity index (χ1v) is 9.91. The molecule has 2 saturated heterocycles. The summed E-state index contributed by atoms with van der Waals surface area (Å²) < 4.78 is 11.1. The zero-order chi connectivity index (χ0) is 21.8. The number of nitrogens with zero attached hydrogens (tertiary/aromatic N) is 1. The van der Waals surface area contributed by atoms with Gasteiger partial charge in [0.05, 0.1) is 12.0 Å². The van der Waals surface area contributed by atoms with Gasteiger partial charge < -0.3 is 14.6 Å². The van der Waals surface area contributed by atoms with Crippen LogP contribution in [0.15, 0.2) is 78.1 Å². The van der Waals surface area contributed by atoms with E-state index in [1.807, 2.05) is 60.7 Å². The average Bonchev–Trinajstić information content (AvgIpc) is 3.08. The maximum Gasteiger partial charge on any atom is 0.337 e. The van der Waals surface area contributed by atoms with Crippen molar-refractivity contribution in [2.24, 2.45) is 0 Å². The number of rotatable bonds is 7. The molecule has 2 fully saturated rings. The lowest BCUT2D eigenvalue weighted by Crippen LogP contribution is -2.55. The fourth-order valence-corrected chi connectivity index (χ4v) is 3.58. The van der Waals surface area contributed by atoms with Gasteiger partial charge in [-0.25, -0.2) is 9.59 Å². The molecular formula is C24H21NO6. The van der Waals surface area contributed by atoms with E-state index in [2.05, 4.69) is 0 Å². The third-order valence-corrected chi connectivity index (χ3v) is 5.17. The molecule has 158 valence electrons. The Kier molecular flexibility index (Phi) is 5.84. The normalized spacial score (nSPS) is 21.3. The molecule has 0 spiro atoms. The summed E-state index contributed by atoms with van der Waals surface area (Å²) in [5.41, 5.74) is 1.63. The Bertz CT molecular complexity index is 1040. The second kappa shape index (κ2) is 8.87. The van der Waals surface area contributed by atoms with Crippen molar-refractivity contribution in [3.63, 3.8) is 0 Å². The van der Waals surface area contributed by atoms with Crippen molar-refractivity contribution in [3.8, 4) is 0 Å². The van der Waals surface area contributed by atoms with E-state index in [1.54, 1.807) is 12.2 Å². The van der Waals surface area contributed by atoms with Gasteiger partial charge in [-0.15, -0.1) is 0 Å². The SMILES string of the molecule is O=C(O)/C(C/C=C\c1ccccc1)=C1/O[C@@H]2CC(=O)N2C1C(=O)OCc1ccccc1. The Morgan fingerprint density at radius 1 is 1.10 bits per heavy atom. The molecule has 0 aromatic heterocycles. The summed E-state index contributed by atoms with van der Waals surface area (Å²) in [6.07, 6.45) is 3.00. The third kappa shape index (κ3) is 4.35. The fourth-order valence-electron chi connectivity index (χ4n) is 3.58. The van der Waals surface area contributed by atoms with Gasteiger partial charge in [0.25, 0.3) is 0 Å².